The molecular weight excluding hydrogens is 164 g/mol. The quantitative estimate of drug-likeness (QED) is 0.357. The second kappa shape index (κ2) is 11.2. The summed E-state index contributed by atoms with van der Waals surface area (Å²) >= 11 is 0. The average molecular weight is 183 g/mol. The van der Waals surface area contributed by atoms with E-state index >= 15 is 0 Å². The Morgan fingerprint density at radius 3 is 2.25 bits per heavy atom. The van der Waals surface area contributed by atoms with Crippen LogP contribution < -0.4 is 0 Å². The predicted octanol–water partition coefficient (Wildman–Crippen LogP) is 2.14. The Morgan fingerprint density at radius 1 is 1.17 bits per heavy atom. The van der Waals surface area contributed by atoms with Crippen molar-refractivity contribution >= 4 is 29.0 Å². The first kappa shape index (κ1) is 14.7. The molecule has 2 nitrogen and oxygen atoms in total. The zero-order chi connectivity index (χ0) is 8.53. The van der Waals surface area contributed by atoms with E-state index in [0.29, 0.717) is 13.0 Å². The van der Waals surface area contributed by atoms with Crippen LogP contribution in [0.4, 0.5) is 0 Å². The van der Waals surface area contributed by atoms with Crippen LogP contribution in [0.2, 0.25) is 0 Å². The molecule has 0 aliphatic heterocycles. The van der Waals surface area contributed by atoms with Crippen LogP contribution in [-0.4, -0.2) is 35.6 Å². The summed E-state index contributed by atoms with van der Waals surface area (Å²) in [7, 11) is 0. The van der Waals surface area contributed by atoms with Crippen LogP contribution >= 0.6 is 0 Å². The van der Waals surface area contributed by atoms with Crippen molar-refractivity contribution in [2.45, 2.75) is 46.0 Å². The smallest absolute Gasteiger partial charge is 0.305 e. The van der Waals surface area contributed by atoms with E-state index in [9.17, 15) is 4.79 Å². The highest BCUT2D eigenvalue weighted by Crippen LogP contribution is 1.97. The summed E-state index contributed by atoms with van der Waals surface area (Å²) in [4.78, 5) is 10.9. The van der Waals surface area contributed by atoms with Crippen molar-refractivity contribution < 1.29 is 9.53 Å². The molecule has 2 radical (unpaired) electrons. The van der Waals surface area contributed by atoms with Crippen LogP contribution in [0.25, 0.3) is 0 Å². The molecule has 0 N–H and O–H groups in total. The summed E-state index contributed by atoms with van der Waals surface area (Å²) in [6.07, 6.45) is 4.66. The van der Waals surface area contributed by atoms with Crippen LogP contribution in [0.1, 0.15) is 46.0 Å². The molecule has 0 unspecified atom stereocenters. The van der Waals surface area contributed by atoms with Gasteiger partial charge in [-0.2, -0.15) is 0 Å². The number of esters is 1. The molecule has 0 aliphatic rings. The number of carbonyl (C=O) groups is 1. The summed E-state index contributed by atoms with van der Waals surface area (Å²) < 4.78 is 4.95. The molecule has 0 bridgehead atoms. The van der Waals surface area contributed by atoms with Crippen LogP contribution in [0.3, 0.4) is 0 Å². The van der Waals surface area contributed by atoms with Crippen molar-refractivity contribution in [2.75, 3.05) is 6.61 Å². The zero-order valence-electron chi connectivity index (χ0n) is 8.27. The number of carbonyl (C=O) groups excluding carboxylic acids is 1. The molecule has 0 fully saturated rings. The van der Waals surface area contributed by atoms with Gasteiger partial charge in [0.15, 0.2) is 0 Å². The van der Waals surface area contributed by atoms with E-state index in [-0.39, 0.29) is 29.0 Å². The molecule has 0 aromatic carbocycles. The molecule has 0 amide bonds. The third-order valence-corrected chi connectivity index (χ3v) is 1.50. The number of ether oxygens (including phenoxy) is 1. The maximum Gasteiger partial charge on any atom is 0.305 e. The Labute approximate surface area is 91.2 Å². The standard InChI is InChI=1S/C9H18O2.Mg/c1-3-5-7-9(10)11-8-6-4-2;/h3-8H2,1-2H3;. The molecular formula is C9H18MgO2. The molecule has 0 saturated heterocycles. The third-order valence-electron chi connectivity index (χ3n) is 1.50. The minimum absolute atomic E-state index is 0. The van der Waals surface area contributed by atoms with E-state index in [1.54, 1.807) is 0 Å². The Bertz CT molecular complexity index is 105. The molecule has 0 rings (SSSR count). The number of hydrogen-bond acceptors (Lipinski definition) is 2. The van der Waals surface area contributed by atoms with Crippen molar-refractivity contribution in [1.29, 1.82) is 0 Å². The molecule has 3 heteroatoms. The molecule has 0 aromatic heterocycles. The van der Waals surface area contributed by atoms with E-state index in [1.165, 1.54) is 0 Å². The minimum atomic E-state index is -0.0414. The normalized spacial score (nSPS) is 8.83. The molecule has 0 spiro atoms. The summed E-state index contributed by atoms with van der Waals surface area (Å²) in [5.74, 6) is -0.0414. The lowest BCUT2D eigenvalue weighted by molar-refractivity contribution is -0.143. The Morgan fingerprint density at radius 2 is 1.75 bits per heavy atom. The van der Waals surface area contributed by atoms with E-state index in [1.807, 2.05) is 0 Å². The fourth-order valence-corrected chi connectivity index (χ4v) is 0.724. The first-order valence-electron chi connectivity index (χ1n) is 4.46. The average Bonchev–Trinajstić information content (AvgIpc) is 2.01. The Balaban J connectivity index is 0. The maximum atomic E-state index is 10.9. The second-order valence-electron chi connectivity index (χ2n) is 2.68. The number of rotatable bonds is 6. The minimum Gasteiger partial charge on any atom is -0.466 e. The highest BCUT2D eigenvalue weighted by molar-refractivity contribution is 5.75. The van der Waals surface area contributed by atoms with Crippen molar-refractivity contribution in [3.8, 4) is 0 Å². The fraction of sp³-hybridized carbons (Fsp3) is 0.889. The SMILES string of the molecule is CCCCOC(=O)CCCC.[Mg]. The Kier molecular flexibility index (Phi) is 13.8. The van der Waals surface area contributed by atoms with Gasteiger partial charge in [-0.15, -0.1) is 0 Å². The molecule has 0 heterocycles. The highest BCUT2D eigenvalue weighted by atomic mass is 24.3. The van der Waals surface area contributed by atoms with E-state index in [4.69, 9.17) is 4.74 Å². The number of unbranched alkanes of at least 4 members (excludes halogenated alkanes) is 2. The van der Waals surface area contributed by atoms with Crippen LogP contribution in [-0.2, 0) is 9.53 Å². The molecule has 0 atom stereocenters. The van der Waals surface area contributed by atoms with Crippen molar-refractivity contribution in [3.63, 3.8) is 0 Å². The lowest BCUT2D eigenvalue weighted by atomic mass is 10.2. The van der Waals surface area contributed by atoms with Gasteiger partial charge in [-0.25, -0.2) is 0 Å². The molecule has 0 aliphatic carbocycles. The largest absolute Gasteiger partial charge is 0.466 e. The van der Waals surface area contributed by atoms with Crippen molar-refractivity contribution in [2.24, 2.45) is 0 Å². The van der Waals surface area contributed by atoms with Crippen LogP contribution in [0, 0.1) is 0 Å². The predicted molar refractivity (Wildman–Crippen MR) is 51.1 cm³/mol. The van der Waals surface area contributed by atoms with Gasteiger partial charge in [0.1, 0.15) is 0 Å². The van der Waals surface area contributed by atoms with Gasteiger partial charge in [0, 0.05) is 29.5 Å². The van der Waals surface area contributed by atoms with Crippen LogP contribution in [0.5, 0.6) is 0 Å². The van der Waals surface area contributed by atoms with Gasteiger partial charge in [-0.05, 0) is 12.8 Å². The van der Waals surface area contributed by atoms with E-state index in [0.717, 1.165) is 25.7 Å². The fourth-order valence-electron chi connectivity index (χ4n) is 0.724. The van der Waals surface area contributed by atoms with E-state index < -0.39 is 0 Å². The van der Waals surface area contributed by atoms with Gasteiger partial charge >= 0.3 is 5.97 Å². The van der Waals surface area contributed by atoms with E-state index in [2.05, 4.69) is 13.8 Å². The molecule has 68 valence electrons. The van der Waals surface area contributed by atoms with Gasteiger partial charge < -0.3 is 4.74 Å². The van der Waals surface area contributed by atoms with Crippen LogP contribution in [0.15, 0.2) is 0 Å². The van der Waals surface area contributed by atoms with Gasteiger partial charge in [-0.3, -0.25) is 4.79 Å². The monoisotopic (exact) mass is 182 g/mol. The first-order valence-corrected chi connectivity index (χ1v) is 4.46. The van der Waals surface area contributed by atoms with Gasteiger partial charge in [-0.1, -0.05) is 26.7 Å². The summed E-state index contributed by atoms with van der Waals surface area (Å²) in [6.45, 7) is 4.75. The van der Waals surface area contributed by atoms with Gasteiger partial charge in [0.25, 0.3) is 0 Å². The van der Waals surface area contributed by atoms with Gasteiger partial charge in [0.2, 0.25) is 0 Å². The molecule has 0 aromatic rings. The highest BCUT2D eigenvalue weighted by Gasteiger charge is 1.99. The lowest BCUT2D eigenvalue weighted by Gasteiger charge is -2.01. The Hall–Kier alpha value is 0.236. The summed E-state index contributed by atoms with van der Waals surface area (Å²) in [6, 6.07) is 0. The lowest BCUT2D eigenvalue weighted by Crippen LogP contribution is -2.04. The topological polar surface area (TPSA) is 26.3 Å². The zero-order valence-corrected chi connectivity index (χ0v) is 9.68. The van der Waals surface area contributed by atoms with Crippen molar-refractivity contribution in [1.82, 2.24) is 0 Å². The molecule has 12 heavy (non-hydrogen) atoms. The third kappa shape index (κ3) is 10.2. The number of hydrogen-bond donors (Lipinski definition) is 0. The summed E-state index contributed by atoms with van der Waals surface area (Å²) in [5.41, 5.74) is 0. The molecule has 0 saturated carbocycles. The first-order chi connectivity index (χ1) is 5.31. The van der Waals surface area contributed by atoms with Gasteiger partial charge in [0.05, 0.1) is 6.61 Å². The maximum absolute atomic E-state index is 10.9. The second-order valence-corrected chi connectivity index (χ2v) is 2.68. The summed E-state index contributed by atoms with van der Waals surface area (Å²) in [5, 5.41) is 0. The van der Waals surface area contributed by atoms with Crippen molar-refractivity contribution in [3.05, 3.63) is 0 Å².